The Hall–Kier alpha value is -3.21. The van der Waals surface area contributed by atoms with Crippen LogP contribution in [0.15, 0.2) is 72.8 Å². The van der Waals surface area contributed by atoms with Gasteiger partial charge >= 0.3 is 5.97 Å². The Labute approximate surface area is 251 Å². The van der Waals surface area contributed by atoms with E-state index in [0.717, 1.165) is 39.1 Å². The summed E-state index contributed by atoms with van der Waals surface area (Å²) in [5.74, 6) is 0.638. The summed E-state index contributed by atoms with van der Waals surface area (Å²) in [6.45, 7) is 5.38. The number of aliphatic hydroxyl groups excluding tert-OH is 2. The second kappa shape index (κ2) is 15.3. The highest BCUT2D eigenvalue weighted by molar-refractivity contribution is 7.99. The zero-order valence-corrected chi connectivity index (χ0v) is 25.0. The van der Waals surface area contributed by atoms with Gasteiger partial charge in [-0.15, -0.1) is 0 Å². The maximum atomic E-state index is 12.2. The summed E-state index contributed by atoms with van der Waals surface area (Å²) in [5.41, 5.74) is 5.72. The molecule has 8 nitrogen and oxygen atoms in total. The minimum Gasteiger partial charge on any atom is -0.453 e. The van der Waals surface area contributed by atoms with Crippen LogP contribution in [0.1, 0.15) is 55.4 Å². The minimum atomic E-state index is -0.849. The fourth-order valence-corrected chi connectivity index (χ4v) is 5.81. The molecule has 1 fully saturated rings. The first-order valence-corrected chi connectivity index (χ1v) is 15.3. The van der Waals surface area contributed by atoms with Crippen molar-refractivity contribution in [1.29, 1.82) is 0 Å². The summed E-state index contributed by atoms with van der Waals surface area (Å²) in [5, 5.41) is 21.5. The fraction of sp³-hybridized carbons (Fsp3) is 0.394. The highest BCUT2D eigenvalue weighted by Gasteiger charge is 2.38. The number of ether oxygens (including phenoxy) is 3. The van der Waals surface area contributed by atoms with Gasteiger partial charge in [0.15, 0.2) is 12.4 Å². The fourth-order valence-electron chi connectivity index (χ4n) is 4.90. The van der Waals surface area contributed by atoms with Crippen molar-refractivity contribution in [2.24, 2.45) is 5.92 Å². The number of hydrogen-bond acceptors (Lipinski definition) is 8. The maximum Gasteiger partial charge on any atom is 0.303 e. The lowest BCUT2D eigenvalue weighted by Gasteiger charge is -2.41. The van der Waals surface area contributed by atoms with Gasteiger partial charge < -0.3 is 29.7 Å². The van der Waals surface area contributed by atoms with Crippen molar-refractivity contribution < 1.29 is 34.0 Å². The van der Waals surface area contributed by atoms with E-state index in [1.54, 1.807) is 18.7 Å². The standard InChI is InChI=1S/C33H39NO7S/c1-21-30(20-42-16-15-35)40-33(41-31(21)27-9-7-24(19-36)8-10-27)28-13-11-26(12-14-28)29-6-4-5-25(17-29)18-34-32(38)22(2)39-23(3)37/h4-14,17,21-22,30-31,33,35-36H,15-16,18-20H2,1-3H3,(H,34,38)/t21-,22+,30+,31+,33+/m1/s1. The molecule has 0 spiro atoms. The molecule has 1 aliphatic rings. The number of carbonyl (C=O) groups is 2. The highest BCUT2D eigenvalue weighted by atomic mass is 32.2. The van der Waals surface area contributed by atoms with Crippen LogP contribution < -0.4 is 5.32 Å². The van der Waals surface area contributed by atoms with Gasteiger partial charge in [-0.3, -0.25) is 9.59 Å². The van der Waals surface area contributed by atoms with Crippen LogP contribution in [0.5, 0.6) is 0 Å². The van der Waals surface area contributed by atoms with Crippen LogP contribution in [0.4, 0.5) is 0 Å². The number of esters is 1. The van der Waals surface area contributed by atoms with Gasteiger partial charge in [0.1, 0.15) is 0 Å². The molecule has 0 radical (unpaired) electrons. The summed E-state index contributed by atoms with van der Waals surface area (Å²) < 4.78 is 17.9. The highest BCUT2D eigenvalue weighted by Crippen LogP contribution is 2.42. The molecule has 3 aromatic rings. The van der Waals surface area contributed by atoms with Crippen molar-refractivity contribution in [2.45, 2.75) is 58.5 Å². The predicted octanol–water partition coefficient (Wildman–Crippen LogP) is 4.93. The molecule has 0 unspecified atom stereocenters. The van der Waals surface area contributed by atoms with Gasteiger partial charge in [0.05, 0.1) is 25.4 Å². The molecule has 1 aliphatic heterocycles. The number of amides is 1. The first-order valence-electron chi connectivity index (χ1n) is 14.1. The summed E-state index contributed by atoms with van der Waals surface area (Å²) in [6, 6.07) is 23.8. The Morgan fingerprint density at radius 2 is 1.67 bits per heavy atom. The van der Waals surface area contributed by atoms with Crippen LogP contribution in [0.2, 0.25) is 0 Å². The predicted molar refractivity (Wildman–Crippen MR) is 162 cm³/mol. The summed E-state index contributed by atoms with van der Waals surface area (Å²) >= 11 is 1.66. The lowest BCUT2D eigenvalue weighted by Crippen LogP contribution is -2.38. The van der Waals surface area contributed by atoms with Gasteiger partial charge in [-0.25, -0.2) is 0 Å². The molecule has 4 rings (SSSR count). The average Bonchev–Trinajstić information content (AvgIpc) is 3.00. The van der Waals surface area contributed by atoms with Crippen molar-refractivity contribution in [3.8, 4) is 11.1 Å². The molecule has 9 heteroatoms. The van der Waals surface area contributed by atoms with Crippen LogP contribution in [0, 0.1) is 5.92 Å². The molecule has 0 aromatic heterocycles. The van der Waals surface area contributed by atoms with Crippen LogP contribution in [-0.4, -0.2) is 52.4 Å². The second-order valence-electron chi connectivity index (χ2n) is 10.4. The molecular weight excluding hydrogens is 554 g/mol. The van der Waals surface area contributed by atoms with Gasteiger partial charge in [0, 0.05) is 36.5 Å². The summed E-state index contributed by atoms with van der Waals surface area (Å²) in [7, 11) is 0. The molecule has 0 aliphatic carbocycles. The second-order valence-corrected chi connectivity index (χ2v) is 11.6. The van der Waals surface area contributed by atoms with Gasteiger partial charge in [-0.1, -0.05) is 73.7 Å². The molecule has 224 valence electrons. The van der Waals surface area contributed by atoms with E-state index in [-0.39, 0.29) is 37.2 Å². The third-order valence-corrected chi connectivity index (χ3v) is 8.30. The third kappa shape index (κ3) is 8.42. The zero-order chi connectivity index (χ0) is 30.1. The van der Waals surface area contributed by atoms with Gasteiger partial charge in [0.2, 0.25) is 0 Å². The quantitative estimate of drug-likeness (QED) is 0.200. The Kier molecular flexibility index (Phi) is 11.6. The summed E-state index contributed by atoms with van der Waals surface area (Å²) in [6.07, 6.45) is -1.67. The Morgan fingerprint density at radius 3 is 2.33 bits per heavy atom. The molecule has 5 atom stereocenters. The maximum absolute atomic E-state index is 12.2. The lowest BCUT2D eigenvalue weighted by molar-refractivity contribution is -0.268. The molecule has 3 N–H and O–H groups in total. The van der Waals surface area contributed by atoms with Crippen molar-refractivity contribution in [3.63, 3.8) is 0 Å². The first kappa shape index (κ1) is 31.7. The normalized spacial score (nSPS) is 21.0. The number of nitrogens with one attached hydrogen (secondary N) is 1. The number of thioether (sulfide) groups is 1. The molecule has 0 bridgehead atoms. The van der Waals surface area contributed by atoms with Crippen LogP contribution in [0.3, 0.4) is 0 Å². The van der Waals surface area contributed by atoms with Gasteiger partial charge in [-0.2, -0.15) is 11.8 Å². The minimum absolute atomic E-state index is 0.00724. The SMILES string of the molecule is CC(=O)O[C@@H](C)C(=O)NCc1cccc(-c2ccc([C@H]3O[C@@H](CSCCO)[C@@H](C)[C@@H](c4ccc(CO)cc4)O3)cc2)c1. The van der Waals surface area contributed by atoms with Crippen molar-refractivity contribution in [1.82, 2.24) is 5.32 Å². The number of carbonyl (C=O) groups excluding carboxylic acids is 2. The Balaban J connectivity index is 1.47. The molecule has 42 heavy (non-hydrogen) atoms. The van der Waals surface area contributed by atoms with Crippen LogP contribution in [-0.2, 0) is 37.0 Å². The van der Waals surface area contributed by atoms with Gasteiger partial charge in [0.25, 0.3) is 5.91 Å². The number of rotatable bonds is 12. The van der Waals surface area contributed by atoms with Gasteiger partial charge in [-0.05, 0) is 40.8 Å². The van der Waals surface area contributed by atoms with E-state index in [1.807, 2.05) is 72.8 Å². The molecule has 0 saturated carbocycles. The van der Waals surface area contributed by atoms with E-state index < -0.39 is 18.4 Å². The van der Waals surface area contributed by atoms with E-state index in [1.165, 1.54) is 6.92 Å². The number of hydrogen-bond donors (Lipinski definition) is 3. The van der Waals surface area contributed by atoms with E-state index in [2.05, 4.69) is 12.2 Å². The van der Waals surface area contributed by atoms with Crippen molar-refractivity contribution >= 4 is 23.6 Å². The third-order valence-electron chi connectivity index (χ3n) is 7.26. The largest absolute Gasteiger partial charge is 0.453 e. The zero-order valence-electron chi connectivity index (χ0n) is 24.2. The molecule has 3 aromatic carbocycles. The van der Waals surface area contributed by atoms with E-state index in [0.29, 0.717) is 12.3 Å². The van der Waals surface area contributed by atoms with E-state index in [9.17, 15) is 19.8 Å². The van der Waals surface area contributed by atoms with E-state index in [4.69, 9.17) is 14.2 Å². The smallest absolute Gasteiger partial charge is 0.303 e. The Morgan fingerprint density at radius 1 is 0.952 bits per heavy atom. The monoisotopic (exact) mass is 593 g/mol. The Bertz CT molecular complexity index is 1310. The molecule has 1 heterocycles. The van der Waals surface area contributed by atoms with Crippen molar-refractivity contribution in [2.75, 3.05) is 18.1 Å². The lowest BCUT2D eigenvalue weighted by atomic mass is 9.91. The number of benzene rings is 3. The molecule has 1 amide bonds. The molecule has 1 saturated heterocycles. The topological polar surface area (TPSA) is 114 Å². The molecular formula is C33H39NO7S. The van der Waals surface area contributed by atoms with Crippen LogP contribution in [0.25, 0.3) is 11.1 Å². The first-order chi connectivity index (χ1) is 20.3. The van der Waals surface area contributed by atoms with Crippen LogP contribution >= 0.6 is 11.8 Å². The van der Waals surface area contributed by atoms with E-state index >= 15 is 0 Å². The average molecular weight is 594 g/mol. The number of aliphatic hydroxyl groups is 2. The van der Waals surface area contributed by atoms with Crippen molar-refractivity contribution in [3.05, 3.63) is 95.1 Å². The summed E-state index contributed by atoms with van der Waals surface area (Å²) in [4.78, 5) is 23.3.